The Balaban J connectivity index is 1.77. The van der Waals surface area contributed by atoms with E-state index in [9.17, 15) is 4.39 Å². The summed E-state index contributed by atoms with van der Waals surface area (Å²) in [4.78, 5) is 0. The first-order chi connectivity index (χ1) is 10.6. The third-order valence-corrected chi connectivity index (χ3v) is 3.42. The summed E-state index contributed by atoms with van der Waals surface area (Å²) >= 11 is 5.76. The zero-order valence-corrected chi connectivity index (χ0v) is 12.5. The first-order valence-electron chi connectivity index (χ1n) is 6.74. The van der Waals surface area contributed by atoms with Crippen LogP contribution < -0.4 is 5.32 Å². The number of aromatic nitrogens is 2. The van der Waals surface area contributed by atoms with Gasteiger partial charge in [-0.05, 0) is 37.3 Å². The Hall–Kier alpha value is -2.40. The fourth-order valence-corrected chi connectivity index (χ4v) is 2.19. The Bertz CT molecular complexity index is 776. The maximum atomic E-state index is 13.1. The molecule has 0 bridgehead atoms. The molecule has 4 nitrogen and oxygen atoms in total. The lowest BCUT2D eigenvalue weighted by Crippen LogP contribution is -2.07. The van der Waals surface area contributed by atoms with E-state index in [0.717, 1.165) is 5.56 Å². The van der Waals surface area contributed by atoms with Gasteiger partial charge in [0, 0.05) is 11.3 Å². The van der Waals surface area contributed by atoms with Crippen LogP contribution in [0.2, 0.25) is 5.02 Å². The predicted octanol–water partition coefficient (Wildman–Crippen LogP) is 4.70. The molecule has 1 N–H and O–H groups in total. The molecule has 1 unspecified atom stereocenters. The minimum Gasteiger partial charge on any atom is -0.418 e. The third kappa shape index (κ3) is 3.09. The average molecular weight is 318 g/mol. The van der Waals surface area contributed by atoms with Crippen LogP contribution in [0.25, 0.3) is 11.5 Å². The van der Waals surface area contributed by atoms with Crippen LogP contribution in [0.15, 0.2) is 52.9 Å². The Morgan fingerprint density at radius 3 is 2.64 bits per heavy atom. The van der Waals surface area contributed by atoms with Gasteiger partial charge in [0.15, 0.2) is 0 Å². The molecule has 0 radical (unpaired) electrons. The van der Waals surface area contributed by atoms with E-state index in [2.05, 4.69) is 15.5 Å². The molecular formula is C16H13ClFN3O. The van der Waals surface area contributed by atoms with Crippen molar-refractivity contribution in [2.45, 2.75) is 13.0 Å². The fourth-order valence-electron chi connectivity index (χ4n) is 2.00. The van der Waals surface area contributed by atoms with Crippen LogP contribution in [0.5, 0.6) is 0 Å². The van der Waals surface area contributed by atoms with Gasteiger partial charge in [-0.25, -0.2) is 4.39 Å². The molecule has 22 heavy (non-hydrogen) atoms. The number of halogens is 2. The van der Waals surface area contributed by atoms with Crippen molar-refractivity contribution in [1.82, 2.24) is 10.2 Å². The molecule has 1 aromatic heterocycles. The highest BCUT2D eigenvalue weighted by atomic mass is 35.5. The van der Waals surface area contributed by atoms with Crippen molar-refractivity contribution >= 4 is 17.3 Å². The number of benzene rings is 2. The SMILES string of the molecule is CC(Nc1ccc(F)c(Cl)c1)c1nnc(-c2ccccc2)o1. The summed E-state index contributed by atoms with van der Waals surface area (Å²) in [5.74, 6) is 0.449. The van der Waals surface area contributed by atoms with Gasteiger partial charge in [-0.3, -0.25) is 0 Å². The Morgan fingerprint density at radius 1 is 1.14 bits per heavy atom. The minimum absolute atomic E-state index is 0.0627. The van der Waals surface area contributed by atoms with E-state index in [1.165, 1.54) is 12.1 Å². The zero-order valence-electron chi connectivity index (χ0n) is 11.8. The molecule has 0 aliphatic heterocycles. The summed E-state index contributed by atoms with van der Waals surface area (Å²) in [5, 5.41) is 11.3. The lowest BCUT2D eigenvalue weighted by molar-refractivity contribution is 0.485. The summed E-state index contributed by atoms with van der Waals surface area (Å²) in [5.41, 5.74) is 1.54. The van der Waals surface area contributed by atoms with Crippen molar-refractivity contribution in [2.24, 2.45) is 0 Å². The van der Waals surface area contributed by atoms with Gasteiger partial charge >= 0.3 is 0 Å². The van der Waals surface area contributed by atoms with Crippen molar-refractivity contribution in [2.75, 3.05) is 5.32 Å². The van der Waals surface area contributed by atoms with Crippen LogP contribution >= 0.6 is 11.6 Å². The smallest absolute Gasteiger partial charge is 0.247 e. The molecule has 3 aromatic rings. The minimum atomic E-state index is -0.455. The molecule has 0 amide bonds. The first kappa shape index (κ1) is 14.5. The Labute approximate surface area is 131 Å². The number of nitrogens with one attached hydrogen (secondary N) is 1. The second-order valence-corrected chi connectivity index (χ2v) is 5.21. The summed E-state index contributed by atoms with van der Waals surface area (Å²) in [6.45, 7) is 1.87. The highest BCUT2D eigenvalue weighted by Crippen LogP contribution is 2.25. The van der Waals surface area contributed by atoms with E-state index in [1.54, 1.807) is 6.07 Å². The molecule has 0 saturated carbocycles. The van der Waals surface area contributed by atoms with Gasteiger partial charge < -0.3 is 9.73 Å². The van der Waals surface area contributed by atoms with E-state index in [0.29, 0.717) is 17.5 Å². The second kappa shape index (κ2) is 6.15. The quantitative estimate of drug-likeness (QED) is 0.757. The highest BCUT2D eigenvalue weighted by molar-refractivity contribution is 6.31. The topological polar surface area (TPSA) is 51.0 Å². The summed E-state index contributed by atoms with van der Waals surface area (Å²) < 4.78 is 18.8. The van der Waals surface area contributed by atoms with Gasteiger partial charge in [0.2, 0.25) is 11.8 Å². The van der Waals surface area contributed by atoms with E-state index in [4.69, 9.17) is 16.0 Å². The van der Waals surface area contributed by atoms with Crippen molar-refractivity contribution in [1.29, 1.82) is 0 Å². The van der Waals surface area contributed by atoms with Crippen molar-refractivity contribution in [3.8, 4) is 11.5 Å². The zero-order chi connectivity index (χ0) is 15.5. The van der Waals surface area contributed by atoms with Gasteiger partial charge in [-0.15, -0.1) is 10.2 Å². The normalized spacial score (nSPS) is 12.1. The van der Waals surface area contributed by atoms with E-state index in [-0.39, 0.29) is 11.1 Å². The number of hydrogen-bond donors (Lipinski definition) is 1. The van der Waals surface area contributed by atoms with Crippen LogP contribution in [-0.4, -0.2) is 10.2 Å². The molecule has 6 heteroatoms. The van der Waals surface area contributed by atoms with Crippen LogP contribution in [-0.2, 0) is 0 Å². The molecule has 0 spiro atoms. The van der Waals surface area contributed by atoms with Crippen molar-refractivity contribution in [3.63, 3.8) is 0 Å². The summed E-state index contributed by atoms with van der Waals surface area (Å²) in [6, 6.07) is 13.7. The highest BCUT2D eigenvalue weighted by Gasteiger charge is 2.15. The Morgan fingerprint density at radius 2 is 1.91 bits per heavy atom. The lowest BCUT2D eigenvalue weighted by Gasteiger charge is -2.11. The number of nitrogens with zero attached hydrogens (tertiary/aromatic N) is 2. The monoisotopic (exact) mass is 317 g/mol. The largest absolute Gasteiger partial charge is 0.418 e. The van der Waals surface area contributed by atoms with E-state index in [1.807, 2.05) is 37.3 Å². The van der Waals surface area contributed by atoms with Crippen LogP contribution in [0.1, 0.15) is 18.9 Å². The van der Waals surface area contributed by atoms with Gasteiger partial charge in [0.1, 0.15) is 11.9 Å². The van der Waals surface area contributed by atoms with Crippen LogP contribution in [0.3, 0.4) is 0 Å². The molecule has 1 heterocycles. The van der Waals surface area contributed by atoms with Crippen LogP contribution in [0, 0.1) is 5.82 Å². The predicted molar refractivity (Wildman–Crippen MR) is 83.2 cm³/mol. The maximum absolute atomic E-state index is 13.1. The molecule has 0 aliphatic rings. The second-order valence-electron chi connectivity index (χ2n) is 4.81. The van der Waals surface area contributed by atoms with Gasteiger partial charge in [-0.1, -0.05) is 29.8 Å². The fraction of sp³-hybridized carbons (Fsp3) is 0.125. The summed E-state index contributed by atoms with van der Waals surface area (Å²) in [6.07, 6.45) is 0. The maximum Gasteiger partial charge on any atom is 0.247 e. The molecule has 0 aliphatic carbocycles. The Kier molecular flexibility index (Phi) is 4.06. The first-order valence-corrected chi connectivity index (χ1v) is 7.11. The van der Waals surface area contributed by atoms with Crippen molar-refractivity contribution in [3.05, 3.63) is 65.3 Å². The average Bonchev–Trinajstić information content (AvgIpc) is 3.02. The summed E-state index contributed by atoms with van der Waals surface area (Å²) in [7, 11) is 0. The molecule has 2 aromatic carbocycles. The molecule has 0 saturated heterocycles. The van der Waals surface area contributed by atoms with E-state index >= 15 is 0 Å². The lowest BCUT2D eigenvalue weighted by atomic mass is 10.2. The molecule has 3 rings (SSSR count). The van der Waals surface area contributed by atoms with Gasteiger partial charge in [0.25, 0.3) is 0 Å². The van der Waals surface area contributed by atoms with Gasteiger partial charge in [-0.2, -0.15) is 0 Å². The third-order valence-electron chi connectivity index (χ3n) is 3.13. The molecule has 112 valence electrons. The van der Waals surface area contributed by atoms with E-state index < -0.39 is 5.82 Å². The number of rotatable bonds is 4. The molecule has 1 atom stereocenters. The molecule has 0 fully saturated rings. The van der Waals surface area contributed by atoms with Gasteiger partial charge in [0.05, 0.1) is 5.02 Å². The standard InChI is InChI=1S/C16H13ClFN3O/c1-10(19-12-7-8-14(18)13(17)9-12)15-20-21-16(22-15)11-5-3-2-4-6-11/h2-10,19H,1H3. The van der Waals surface area contributed by atoms with Crippen LogP contribution in [0.4, 0.5) is 10.1 Å². The number of anilines is 1. The number of hydrogen-bond acceptors (Lipinski definition) is 4. The van der Waals surface area contributed by atoms with Crippen molar-refractivity contribution < 1.29 is 8.81 Å². The molecular weight excluding hydrogens is 305 g/mol.